The van der Waals surface area contributed by atoms with Crippen LogP contribution in [0.2, 0.25) is 0 Å². The second kappa shape index (κ2) is 5.89. The standard InChI is InChI=1S/C15H17NO2S/c1-3-18-15(17)12-9-13(19-14(12)16)10(2)11-7-5-4-6-8-11/h4-10H,3,16H2,1-2H3/t10-/m1/s1. The minimum absolute atomic E-state index is 0.219. The van der Waals surface area contributed by atoms with Crippen molar-refractivity contribution in [2.24, 2.45) is 0 Å². The van der Waals surface area contributed by atoms with Crippen LogP contribution < -0.4 is 5.73 Å². The van der Waals surface area contributed by atoms with Gasteiger partial charge in [-0.05, 0) is 18.6 Å². The normalized spacial score (nSPS) is 12.1. The summed E-state index contributed by atoms with van der Waals surface area (Å²) in [5.74, 6) is -0.126. The lowest BCUT2D eigenvalue weighted by molar-refractivity contribution is 0.0528. The fraction of sp³-hybridized carbons (Fsp3) is 0.267. The van der Waals surface area contributed by atoms with E-state index in [1.165, 1.54) is 16.9 Å². The molecule has 4 heteroatoms. The van der Waals surface area contributed by atoms with Crippen molar-refractivity contribution in [2.45, 2.75) is 19.8 Å². The summed E-state index contributed by atoms with van der Waals surface area (Å²) in [5, 5.41) is 0.524. The molecule has 3 nitrogen and oxygen atoms in total. The van der Waals surface area contributed by atoms with Crippen molar-refractivity contribution < 1.29 is 9.53 Å². The molecule has 0 aliphatic carbocycles. The van der Waals surface area contributed by atoms with E-state index in [-0.39, 0.29) is 11.9 Å². The number of carbonyl (C=O) groups excluding carboxylic acids is 1. The van der Waals surface area contributed by atoms with Crippen LogP contribution in [-0.2, 0) is 4.74 Å². The number of nitrogen functional groups attached to an aromatic ring is 1. The summed E-state index contributed by atoms with van der Waals surface area (Å²) >= 11 is 1.45. The van der Waals surface area contributed by atoms with Gasteiger partial charge in [0.25, 0.3) is 0 Å². The summed E-state index contributed by atoms with van der Waals surface area (Å²) in [6, 6.07) is 12.0. The second-order valence-corrected chi connectivity index (χ2v) is 5.39. The number of carbonyl (C=O) groups is 1. The molecule has 0 saturated heterocycles. The molecule has 0 radical (unpaired) electrons. The van der Waals surface area contributed by atoms with Gasteiger partial charge in [-0.15, -0.1) is 11.3 Å². The monoisotopic (exact) mass is 275 g/mol. The zero-order chi connectivity index (χ0) is 13.8. The molecule has 2 rings (SSSR count). The van der Waals surface area contributed by atoms with Gasteiger partial charge in [0, 0.05) is 10.8 Å². The van der Waals surface area contributed by atoms with Crippen molar-refractivity contribution in [3.05, 3.63) is 52.4 Å². The number of hydrogen-bond acceptors (Lipinski definition) is 4. The van der Waals surface area contributed by atoms with E-state index in [2.05, 4.69) is 19.1 Å². The SMILES string of the molecule is CCOC(=O)c1cc([C@H](C)c2ccccc2)sc1N. The Labute approximate surface area is 117 Å². The molecule has 2 aromatic rings. The molecule has 0 aliphatic rings. The Morgan fingerprint density at radius 1 is 1.37 bits per heavy atom. The van der Waals surface area contributed by atoms with Gasteiger partial charge in [0.15, 0.2) is 0 Å². The zero-order valence-electron chi connectivity index (χ0n) is 11.1. The molecule has 0 spiro atoms. The van der Waals surface area contributed by atoms with E-state index >= 15 is 0 Å². The van der Waals surface area contributed by atoms with Crippen LogP contribution in [0, 0.1) is 0 Å². The lowest BCUT2D eigenvalue weighted by atomic mass is 9.99. The van der Waals surface area contributed by atoms with E-state index in [4.69, 9.17) is 10.5 Å². The van der Waals surface area contributed by atoms with Gasteiger partial charge in [-0.25, -0.2) is 4.79 Å². The molecule has 1 aromatic heterocycles. The van der Waals surface area contributed by atoms with E-state index in [1.807, 2.05) is 24.3 Å². The minimum Gasteiger partial charge on any atom is -0.462 e. The van der Waals surface area contributed by atoms with Crippen LogP contribution in [0.15, 0.2) is 36.4 Å². The molecule has 1 atom stereocenters. The second-order valence-electron chi connectivity index (χ2n) is 4.28. The zero-order valence-corrected chi connectivity index (χ0v) is 11.9. The number of benzene rings is 1. The van der Waals surface area contributed by atoms with Crippen molar-refractivity contribution in [2.75, 3.05) is 12.3 Å². The summed E-state index contributed by atoms with van der Waals surface area (Å²) in [5.41, 5.74) is 7.59. The van der Waals surface area contributed by atoms with Crippen LogP contribution >= 0.6 is 11.3 Å². The Morgan fingerprint density at radius 3 is 2.68 bits per heavy atom. The summed E-state index contributed by atoms with van der Waals surface area (Å²) in [7, 11) is 0. The predicted octanol–water partition coefficient (Wildman–Crippen LogP) is 3.66. The van der Waals surface area contributed by atoms with E-state index < -0.39 is 0 Å². The summed E-state index contributed by atoms with van der Waals surface area (Å²) in [6.07, 6.45) is 0. The highest BCUT2D eigenvalue weighted by Gasteiger charge is 2.18. The highest BCUT2D eigenvalue weighted by Crippen LogP contribution is 2.34. The maximum Gasteiger partial charge on any atom is 0.341 e. The average Bonchev–Trinajstić information content (AvgIpc) is 2.81. The van der Waals surface area contributed by atoms with E-state index in [9.17, 15) is 4.79 Å². The average molecular weight is 275 g/mol. The van der Waals surface area contributed by atoms with Crippen molar-refractivity contribution in [3.63, 3.8) is 0 Å². The highest BCUT2D eigenvalue weighted by molar-refractivity contribution is 7.16. The molecular weight excluding hydrogens is 258 g/mol. The van der Waals surface area contributed by atoms with Crippen LogP contribution in [0.4, 0.5) is 5.00 Å². The first kappa shape index (κ1) is 13.6. The maximum absolute atomic E-state index is 11.7. The van der Waals surface area contributed by atoms with Gasteiger partial charge in [-0.3, -0.25) is 0 Å². The van der Waals surface area contributed by atoms with Gasteiger partial charge in [0.2, 0.25) is 0 Å². The van der Waals surface area contributed by atoms with Crippen LogP contribution in [0.3, 0.4) is 0 Å². The molecule has 1 heterocycles. The van der Waals surface area contributed by atoms with Gasteiger partial charge < -0.3 is 10.5 Å². The highest BCUT2D eigenvalue weighted by atomic mass is 32.1. The van der Waals surface area contributed by atoms with E-state index in [1.54, 1.807) is 6.92 Å². The summed E-state index contributed by atoms with van der Waals surface area (Å²) in [4.78, 5) is 12.8. The van der Waals surface area contributed by atoms with Gasteiger partial charge >= 0.3 is 5.97 Å². The predicted molar refractivity (Wildman–Crippen MR) is 78.6 cm³/mol. The van der Waals surface area contributed by atoms with Crippen molar-refractivity contribution in [1.82, 2.24) is 0 Å². The van der Waals surface area contributed by atoms with Crippen LogP contribution in [-0.4, -0.2) is 12.6 Å². The number of nitrogens with two attached hydrogens (primary N) is 1. The molecule has 0 fully saturated rings. The molecular formula is C15H17NO2S. The number of rotatable bonds is 4. The quantitative estimate of drug-likeness (QED) is 0.866. The topological polar surface area (TPSA) is 52.3 Å². The van der Waals surface area contributed by atoms with E-state index in [0.717, 1.165) is 4.88 Å². The van der Waals surface area contributed by atoms with Gasteiger partial charge in [0.05, 0.1) is 12.2 Å². The Kier molecular flexibility index (Phi) is 4.22. The van der Waals surface area contributed by atoms with Gasteiger partial charge in [-0.1, -0.05) is 37.3 Å². The minimum atomic E-state index is -0.345. The Bertz CT molecular complexity index is 563. The first-order chi connectivity index (χ1) is 9.13. The van der Waals surface area contributed by atoms with E-state index in [0.29, 0.717) is 17.2 Å². The fourth-order valence-electron chi connectivity index (χ4n) is 1.91. The smallest absolute Gasteiger partial charge is 0.341 e. The van der Waals surface area contributed by atoms with Crippen LogP contribution in [0.5, 0.6) is 0 Å². The Balaban J connectivity index is 2.27. The fourth-order valence-corrected chi connectivity index (χ4v) is 2.91. The molecule has 0 aliphatic heterocycles. The van der Waals surface area contributed by atoms with Crippen LogP contribution in [0.1, 0.15) is 40.6 Å². The molecule has 0 bridgehead atoms. The lowest BCUT2D eigenvalue weighted by Gasteiger charge is -2.08. The van der Waals surface area contributed by atoms with Gasteiger partial charge in [-0.2, -0.15) is 0 Å². The first-order valence-corrected chi connectivity index (χ1v) is 7.06. The summed E-state index contributed by atoms with van der Waals surface area (Å²) < 4.78 is 5.00. The van der Waals surface area contributed by atoms with Crippen molar-refractivity contribution >= 4 is 22.3 Å². The number of anilines is 1. The van der Waals surface area contributed by atoms with Crippen LogP contribution in [0.25, 0.3) is 0 Å². The number of ether oxygens (including phenoxy) is 1. The van der Waals surface area contributed by atoms with Crippen molar-refractivity contribution in [1.29, 1.82) is 0 Å². The molecule has 19 heavy (non-hydrogen) atoms. The molecule has 0 unspecified atom stereocenters. The molecule has 0 amide bonds. The first-order valence-electron chi connectivity index (χ1n) is 6.24. The third-order valence-electron chi connectivity index (χ3n) is 3.00. The molecule has 0 saturated carbocycles. The third kappa shape index (κ3) is 2.96. The van der Waals surface area contributed by atoms with Crippen molar-refractivity contribution in [3.8, 4) is 0 Å². The molecule has 100 valence electrons. The number of thiophene rings is 1. The summed E-state index contributed by atoms with van der Waals surface area (Å²) in [6.45, 7) is 4.25. The number of hydrogen-bond donors (Lipinski definition) is 1. The Morgan fingerprint density at radius 2 is 2.05 bits per heavy atom. The van der Waals surface area contributed by atoms with Gasteiger partial charge in [0.1, 0.15) is 5.00 Å². The number of esters is 1. The molecule has 2 N–H and O–H groups in total. The Hall–Kier alpha value is -1.81. The lowest BCUT2D eigenvalue weighted by Crippen LogP contribution is -2.05. The largest absolute Gasteiger partial charge is 0.462 e. The molecule has 1 aromatic carbocycles. The maximum atomic E-state index is 11.7. The third-order valence-corrected chi connectivity index (χ3v) is 4.15.